The Hall–Kier alpha value is -0.410. The van der Waals surface area contributed by atoms with Crippen LogP contribution >= 0.6 is 11.3 Å². The molecule has 1 atom stereocenters. The van der Waals surface area contributed by atoms with Crippen LogP contribution in [-0.2, 0) is 4.74 Å². The van der Waals surface area contributed by atoms with E-state index in [1.165, 1.54) is 0 Å². The molecule has 0 radical (unpaired) electrons. The maximum Gasteiger partial charge on any atom is 0.121 e. The second-order valence-corrected chi connectivity index (χ2v) is 2.67. The van der Waals surface area contributed by atoms with Gasteiger partial charge in [-0.15, -0.1) is 11.3 Å². The fraction of sp³-hybridized carbons (Fsp3) is 0.500. The lowest BCUT2D eigenvalue weighted by molar-refractivity contribution is 0.119. The molecular formula is C6H9NOS. The highest BCUT2D eigenvalue weighted by molar-refractivity contribution is 7.09. The predicted octanol–water partition coefficient (Wildman–Crippen LogP) is 1.85. The molecule has 0 aromatic carbocycles. The van der Waals surface area contributed by atoms with Crippen molar-refractivity contribution in [2.45, 2.75) is 13.0 Å². The van der Waals surface area contributed by atoms with Crippen LogP contribution in [0.1, 0.15) is 18.0 Å². The summed E-state index contributed by atoms with van der Waals surface area (Å²) < 4.78 is 5.04. The summed E-state index contributed by atoms with van der Waals surface area (Å²) in [7, 11) is 1.69. The molecule has 0 fully saturated rings. The van der Waals surface area contributed by atoms with Gasteiger partial charge in [-0.1, -0.05) is 0 Å². The van der Waals surface area contributed by atoms with Gasteiger partial charge in [-0.25, -0.2) is 4.98 Å². The molecule has 0 amide bonds. The van der Waals surface area contributed by atoms with Gasteiger partial charge in [0, 0.05) is 18.7 Å². The minimum absolute atomic E-state index is 0.144. The van der Waals surface area contributed by atoms with Gasteiger partial charge in [0.15, 0.2) is 0 Å². The van der Waals surface area contributed by atoms with Crippen LogP contribution in [0.25, 0.3) is 0 Å². The van der Waals surface area contributed by atoms with E-state index in [0.29, 0.717) is 0 Å². The molecule has 0 bridgehead atoms. The van der Waals surface area contributed by atoms with Crippen molar-refractivity contribution in [3.63, 3.8) is 0 Å². The fourth-order valence-electron chi connectivity index (χ4n) is 0.536. The molecular weight excluding hydrogens is 134 g/mol. The average molecular weight is 143 g/mol. The maximum atomic E-state index is 5.04. The second-order valence-electron chi connectivity index (χ2n) is 1.75. The van der Waals surface area contributed by atoms with Gasteiger partial charge in [-0.05, 0) is 6.92 Å². The summed E-state index contributed by atoms with van der Waals surface area (Å²) in [5.41, 5.74) is 0. The standard InChI is InChI=1S/C6H9NOS/c1-5(8-2)6-7-3-4-9-6/h3-5H,1-2H3. The Balaban J connectivity index is 2.65. The predicted molar refractivity (Wildman–Crippen MR) is 37.5 cm³/mol. The number of methoxy groups -OCH3 is 1. The van der Waals surface area contributed by atoms with E-state index in [0.717, 1.165) is 5.01 Å². The van der Waals surface area contributed by atoms with E-state index in [-0.39, 0.29) is 6.10 Å². The quantitative estimate of drug-likeness (QED) is 0.630. The van der Waals surface area contributed by atoms with Crippen molar-refractivity contribution in [3.05, 3.63) is 16.6 Å². The number of hydrogen-bond donors (Lipinski definition) is 0. The summed E-state index contributed by atoms with van der Waals surface area (Å²) in [6.45, 7) is 1.98. The highest BCUT2D eigenvalue weighted by Gasteiger charge is 2.03. The van der Waals surface area contributed by atoms with Crippen LogP contribution in [0.3, 0.4) is 0 Å². The number of thiazole rings is 1. The van der Waals surface area contributed by atoms with E-state index in [4.69, 9.17) is 4.74 Å². The number of hydrogen-bond acceptors (Lipinski definition) is 3. The molecule has 2 nitrogen and oxygen atoms in total. The zero-order valence-electron chi connectivity index (χ0n) is 5.50. The normalized spacial score (nSPS) is 13.6. The molecule has 50 valence electrons. The Morgan fingerprint density at radius 2 is 2.56 bits per heavy atom. The van der Waals surface area contributed by atoms with Crippen molar-refractivity contribution in [3.8, 4) is 0 Å². The maximum absolute atomic E-state index is 5.04. The zero-order chi connectivity index (χ0) is 6.69. The van der Waals surface area contributed by atoms with Crippen LogP contribution in [0.2, 0.25) is 0 Å². The van der Waals surface area contributed by atoms with Crippen molar-refractivity contribution in [2.75, 3.05) is 7.11 Å². The molecule has 0 saturated carbocycles. The molecule has 1 rings (SSSR count). The Morgan fingerprint density at radius 1 is 1.78 bits per heavy atom. The summed E-state index contributed by atoms with van der Waals surface area (Å²) >= 11 is 1.62. The highest BCUT2D eigenvalue weighted by atomic mass is 32.1. The SMILES string of the molecule is COC(C)c1nccs1. The lowest BCUT2D eigenvalue weighted by atomic mass is 10.4. The van der Waals surface area contributed by atoms with Gasteiger partial charge >= 0.3 is 0 Å². The first kappa shape index (κ1) is 6.71. The molecule has 1 heterocycles. The van der Waals surface area contributed by atoms with Crippen molar-refractivity contribution in [2.24, 2.45) is 0 Å². The van der Waals surface area contributed by atoms with Gasteiger partial charge in [-0.2, -0.15) is 0 Å². The minimum atomic E-state index is 0.144. The summed E-state index contributed by atoms with van der Waals surface area (Å²) in [4.78, 5) is 4.08. The van der Waals surface area contributed by atoms with E-state index in [1.54, 1.807) is 24.6 Å². The van der Waals surface area contributed by atoms with Crippen LogP contribution < -0.4 is 0 Å². The number of aromatic nitrogens is 1. The second kappa shape index (κ2) is 2.94. The molecule has 0 aliphatic heterocycles. The van der Waals surface area contributed by atoms with Gasteiger partial charge in [-0.3, -0.25) is 0 Å². The van der Waals surface area contributed by atoms with Gasteiger partial charge in [0.1, 0.15) is 11.1 Å². The van der Waals surface area contributed by atoms with Crippen LogP contribution in [0.4, 0.5) is 0 Å². The van der Waals surface area contributed by atoms with Crippen LogP contribution in [0.15, 0.2) is 11.6 Å². The Labute approximate surface area is 58.5 Å². The zero-order valence-corrected chi connectivity index (χ0v) is 6.31. The summed E-state index contributed by atoms with van der Waals surface area (Å²) in [5.74, 6) is 0. The first-order valence-corrected chi connectivity index (χ1v) is 3.64. The van der Waals surface area contributed by atoms with E-state index in [1.807, 2.05) is 12.3 Å². The fourth-order valence-corrected chi connectivity index (χ4v) is 1.21. The van der Waals surface area contributed by atoms with Crippen LogP contribution in [0.5, 0.6) is 0 Å². The lowest BCUT2D eigenvalue weighted by Gasteiger charge is -2.02. The molecule has 1 aromatic heterocycles. The molecule has 0 spiro atoms. The first-order valence-electron chi connectivity index (χ1n) is 2.76. The lowest BCUT2D eigenvalue weighted by Crippen LogP contribution is -1.93. The molecule has 0 saturated heterocycles. The number of ether oxygens (including phenoxy) is 1. The summed E-state index contributed by atoms with van der Waals surface area (Å²) in [6.07, 6.45) is 1.93. The van der Waals surface area contributed by atoms with Gasteiger partial charge < -0.3 is 4.74 Å². The smallest absolute Gasteiger partial charge is 0.121 e. The third-order valence-corrected chi connectivity index (χ3v) is 2.09. The summed E-state index contributed by atoms with van der Waals surface area (Å²) in [6, 6.07) is 0. The molecule has 3 heteroatoms. The number of nitrogens with zero attached hydrogens (tertiary/aromatic N) is 1. The molecule has 0 N–H and O–H groups in total. The largest absolute Gasteiger partial charge is 0.375 e. The minimum Gasteiger partial charge on any atom is -0.375 e. The van der Waals surface area contributed by atoms with Gasteiger partial charge in [0.05, 0.1) is 0 Å². The first-order chi connectivity index (χ1) is 4.34. The van der Waals surface area contributed by atoms with Crippen molar-refractivity contribution in [1.29, 1.82) is 0 Å². The highest BCUT2D eigenvalue weighted by Crippen LogP contribution is 2.16. The Morgan fingerprint density at radius 3 is 3.00 bits per heavy atom. The molecule has 1 aromatic rings. The van der Waals surface area contributed by atoms with Crippen LogP contribution in [-0.4, -0.2) is 12.1 Å². The molecule has 0 aliphatic rings. The number of rotatable bonds is 2. The Bertz CT molecular complexity index is 162. The van der Waals surface area contributed by atoms with Crippen molar-refractivity contribution < 1.29 is 4.74 Å². The molecule has 0 aliphatic carbocycles. The van der Waals surface area contributed by atoms with Crippen LogP contribution in [0, 0.1) is 0 Å². The van der Waals surface area contributed by atoms with E-state index in [2.05, 4.69) is 4.98 Å². The van der Waals surface area contributed by atoms with Crippen molar-refractivity contribution in [1.82, 2.24) is 4.98 Å². The third-order valence-electron chi connectivity index (χ3n) is 1.15. The molecule has 1 unspecified atom stereocenters. The van der Waals surface area contributed by atoms with E-state index < -0.39 is 0 Å². The van der Waals surface area contributed by atoms with E-state index >= 15 is 0 Å². The topological polar surface area (TPSA) is 22.1 Å². The Kier molecular flexibility index (Phi) is 2.19. The summed E-state index contributed by atoms with van der Waals surface area (Å²) in [5, 5.41) is 2.99. The monoisotopic (exact) mass is 143 g/mol. The van der Waals surface area contributed by atoms with Gasteiger partial charge in [0.25, 0.3) is 0 Å². The third kappa shape index (κ3) is 1.50. The average Bonchev–Trinajstić information content (AvgIpc) is 2.37. The van der Waals surface area contributed by atoms with Gasteiger partial charge in [0.2, 0.25) is 0 Å². The van der Waals surface area contributed by atoms with E-state index in [9.17, 15) is 0 Å². The molecule has 9 heavy (non-hydrogen) atoms. The van der Waals surface area contributed by atoms with Crippen molar-refractivity contribution >= 4 is 11.3 Å².